The molecule has 5 saturated carbocycles. The van der Waals surface area contributed by atoms with E-state index in [1.54, 1.807) is 0 Å². The zero-order valence-electron chi connectivity index (χ0n) is 23.8. The minimum atomic E-state index is -1.11. The van der Waals surface area contributed by atoms with E-state index in [4.69, 9.17) is 9.47 Å². The van der Waals surface area contributed by atoms with Crippen LogP contribution in [0, 0.1) is 51.8 Å². The molecule has 0 unspecified atom stereocenters. The highest BCUT2D eigenvalue weighted by atomic mass is 16.5. The standard InChI is InChI=1S/C33H36O7/c1-13-16-7-18(16)31(5)23-12-33(38)20-9-19(20)30(4)10-22(36)17(8-24(37)39-6)27(29(30)33)32(23)11-21(35)14(2)26(32)28(25(13)31)40-15(3)34/h8,16,18-20,23,25,28,38H,1,7,9-12H2,2-6H3/b17-8+/t16-,18-,19-,20+,23+,25-,28-,30+,31-,32+,33+/m1/s1. The summed E-state index contributed by atoms with van der Waals surface area (Å²) < 4.78 is 11.2. The summed E-state index contributed by atoms with van der Waals surface area (Å²) in [7, 11) is 1.28. The number of Topliss-reactive ketones (excluding diaryl/α,β-unsaturated/α-hetero) is 2. The number of ether oxygens (including phenoxy) is 2. The second-order valence-corrected chi connectivity index (χ2v) is 14.5. The molecule has 0 bridgehead atoms. The van der Waals surface area contributed by atoms with Gasteiger partial charge in [-0.3, -0.25) is 14.4 Å². The fourth-order valence-electron chi connectivity index (χ4n) is 11.8. The summed E-state index contributed by atoms with van der Waals surface area (Å²) in [6.07, 6.45) is 3.35. The van der Waals surface area contributed by atoms with Crippen molar-refractivity contribution in [2.24, 2.45) is 51.8 Å². The van der Waals surface area contributed by atoms with Crippen LogP contribution in [0.15, 0.2) is 46.1 Å². The summed E-state index contributed by atoms with van der Waals surface area (Å²) in [5, 5.41) is 12.8. The molecule has 210 valence electrons. The average molecular weight is 545 g/mol. The van der Waals surface area contributed by atoms with E-state index >= 15 is 0 Å². The second-order valence-electron chi connectivity index (χ2n) is 14.5. The number of aliphatic hydroxyl groups is 1. The maximum absolute atomic E-state index is 14.1. The van der Waals surface area contributed by atoms with Crippen molar-refractivity contribution in [3.05, 3.63) is 46.1 Å². The molecule has 0 saturated heterocycles. The average Bonchev–Trinajstić information content (AvgIpc) is 3.77. The molecule has 8 rings (SSSR count). The topological polar surface area (TPSA) is 107 Å². The zero-order valence-corrected chi connectivity index (χ0v) is 23.8. The van der Waals surface area contributed by atoms with Gasteiger partial charge >= 0.3 is 11.9 Å². The van der Waals surface area contributed by atoms with Crippen LogP contribution in [0.3, 0.4) is 0 Å². The van der Waals surface area contributed by atoms with Gasteiger partial charge in [0.1, 0.15) is 6.10 Å². The minimum Gasteiger partial charge on any atom is -0.466 e. The summed E-state index contributed by atoms with van der Waals surface area (Å²) in [4.78, 5) is 53.4. The van der Waals surface area contributed by atoms with Gasteiger partial charge in [-0.15, -0.1) is 0 Å². The van der Waals surface area contributed by atoms with Crippen molar-refractivity contribution in [2.75, 3.05) is 7.11 Å². The molecule has 0 radical (unpaired) electrons. The number of carbonyl (C=O) groups excluding carboxylic acids is 4. The third kappa shape index (κ3) is 2.43. The lowest BCUT2D eigenvalue weighted by Crippen LogP contribution is -2.63. The molecule has 0 amide bonds. The van der Waals surface area contributed by atoms with Crippen LogP contribution in [-0.4, -0.2) is 47.4 Å². The zero-order chi connectivity index (χ0) is 28.5. The third-order valence-corrected chi connectivity index (χ3v) is 13.1. The minimum absolute atomic E-state index is 0.0301. The lowest BCUT2D eigenvalue weighted by molar-refractivity contribution is -0.160. The van der Waals surface area contributed by atoms with E-state index in [1.807, 2.05) is 6.92 Å². The van der Waals surface area contributed by atoms with Crippen LogP contribution in [0.4, 0.5) is 0 Å². The SMILES string of the molecule is C=C1[C@H]2C[C@H]2[C@@]2(C)[C@H]1[C@@H](OC(C)=O)C1=C(C)C(=O)C[C@@]13C1=C4[C@](O)(C[C@H]32)[C@H]2C[C@H]2[C@]4(C)CC(=O)/C1=C\C(=O)OC. The molecular weight excluding hydrogens is 508 g/mol. The van der Waals surface area contributed by atoms with Gasteiger partial charge < -0.3 is 14.6 Å². The number of esters is 2. The molecule has 11 atom stereocenters. The van der Waals surface area contributed by atoms with Crippen molar-refractivity contribution < 1.29 is 33.8 Å². The number of hydrogen-bond donors (Lipinski definition) is 1. The molecule has 8 aliphatic carbocycles. The number of ketones is 2. The maximum Gasteiger partial charge on any atom is 0.331 e. The van der Waals surface area contributed by atoms with Crippen molar-refractivity contribution >= 4 is 23.5 Å². The van der Waals surface area contributed by atoms with Crippen molar-refractivity contribution in [1.29, 1.82) is 0 Å². The summed E-state index contributed by atoms with van der Waals surface area (Å²) in [5.74, 6) is -0.703. The molecule has 0 aromatic carbocycles. The van der Waals surface area contributed by atoms with Gasteiger partial charge in [0, 0.05) is 48.2 Å². The van der Waals surface area contributed by atoms with Crippen LogP contribution >= 0.6 is 0 Å². The Balaban J connectivity index is 1.51. The van der Waals surface area contributed by atoms with E-state index in [-0.39, 0.29) is 53.7 Å². The van der Waals surface area contributed by atoms with E-state index in [0.717, 1.165) is 29.6 Å². The summed E-state index contributed by atoms with van der Waals surface area (Å²) >= 11 is 0. The van der Waals surface area contributed by atoms with Crippen molar-refractivity contribution in [1.82, 2.24) is 0 Å². The first-order valence-corrected chi connectivity index (χ1v) is 14.7. The molecule has 0 aromatic rings. The van der Waals surface area contributed by atoms with Gasteiger partial charge in [-0.25, -0.2) is 4.79 Å². The normalized spacial score (nSPS) is 51.6. The fourth-order valence-corrected chi connectivity index (χ4v) is 11.8. The maximum atomic E-state index is 14.1. The van der Waals surface area contributed by atoms with E-state index in [1.165, 1.54) is 20.1 Å². The van der Waals surface area contributed by atoms with Crippen LogP contribution < -0.4 is 0 Å². The van der Waals surface area contributed by atoms with Gasteiger partial charge in [-0.05, 0) is 83.5 Å². The van der Waals surface area contributed by atoms with E-state index in [2.05, 4.69) is 20.4 Å². The Morgan fingerprint density at radius 3 is 2.48 bits per heavy atom. The van der Waals surface area contributed by atoms with Gasteiger partial charge in [-0.2, -0.15) is 0 Å². The molecule has 8 aliphatic rings. The fraction of sp³-hybridized carbons (Fsp3) is 0.636. The first-order valence-electron chi connectivity index (χ1n) is 14.7. The van der Waals surface area contributed by atoms with Gasteiger partial charge in [0.15, 0.2) is 11.6 Å². The molecule has 5 fully saturated rings. The number of methoxy groups -OCH3 is 1. The van der Waals surface area contributed by atoms with Crippen LogP contribution in [0.25, 0.3) is 0 Å². The van der Waals surface area contributed by atoms with Crippen LogP contribution in [0.1, 0.15) is 59.8 Å². The monoisotopic (exact) mass is 544 g/mol. The molecule has 1 spiro atoms. The Morgan fingerprint density at radius 1 is 1.07 bits per heavy atom. The number of fused-ring (bicyclic) bond motifs is 7. The quantitative estimate of drug-likeness (QED) is 0.320. The molecule has 0 aliphatic heterocycles. The Hall–Kier alpha value is -2.80. The Labute approximate surface area is 233 Å². The molecule has 0 aromatic heterocycles. The largest absolute Gasteiger partial charge is 0.466 e. The van der Waals surface area contributed by atoms with Crippen molar-refractivity contribution in [2.45, 2.75) is 71.5 Å². The molecule has 7 nitrogen and oxygen atoms in total. The predicted octanol–water partition coefficient (Wildman–Crippen LogP) is 3.81. The van der Waals surface area contributed by atoms with Crippen molar-refractivity contribution in [3.63, 3.8) is 0 Å². The van der Waals surface area contributed by atoms with Crippen LogP contribution in [0.5, 0.6) is 0 Å². The van der Waals surface area contributed by atoms with Crippen LogP contribution in [-0.2, 0) is 28.7 Å². The molecular formula is C33H36O7. The van der Waals surface area contributed by atoms with Crippen molar-refractivity contribution in [3.8, 4) is 0 Å². The summed E-state index contributed by atoms with van der Waals surface area (Å²) in [5.41, 5.74) is 1.19. The number of allylic oxidation sites excluding steroid dienone is 3. The summed E-state index contributed by atoms with van der Waals surface area (Å²) in [6.45, 7) is 12.1. The number of rotatable bonds is 2. The van der Waals surface area contributed by atoms with E-state index in [0.29, 0.717) is 29.4 Å². The molecule has 7 heteroatoms. The molecule has 1 N–H and O–H groups in total. The Bertz CT molecular complexity index is 1510. The highest BCUT2D eigenvalue weighted by Crippen LogP contribution is 2.85. The molecule has 0 heterocycles. The van der Waals surface area contributed by atoms with Gasteiger partial charge in [0.25, 0.3) is 0 Å². The lowest BCUT2D eigenvalue weighted by atomic mass is 9.39. The second kappa shape index (κ2) is 6.97. The predicted molar refractivity (Wildman–Crippen MR) is 142 cm³/mol. The molecule has 40 heavy (non-hydrogen) atoms. The van der Waals surface area contributed by atoms with E-state index < -0.39 is 39.9 Å². The first-order chi connectivity index (χ1) is 18.8. The first kappa shape index (κ1) is 25.0. The highest BCUT2D eigenvalue weighted by Gasteiger charge is 2.82. The van der Waals surface area contributed by atoms with Crippen LogP contribution in [0.2, 0.25) is 0 Å². The van der Waals surface area contributed by atoms with Gasteiger partial charge in [0.2, 0.25) is 0 Å². The number of carbonyl (C=O) groups is 4. The van der Waals surface area contributed by atoms with Gasteiger partial charge in [0.05, 0.1) is 12.7 Å². The lowest BCUT2D eigenvalue weighted by Gasteiger charge is -2.65. The smallest absolute Gasteiger partial charge is 0.331 e. The third-order valence-electron chi connectivity index (χ3n) is 13.1. The van der Waals surface area contributed by atoms with Gasteiger partial charge in [-0.1, -0.05) is 26.0 Å². The Morgan fingerprint density at radius 2 is 1.80 bits per heavy atom. The van der Waals surface area contributed by atoms with E-state index in [9.17, 15) is 24.3 Å². The highest BCUT2D eigenvalue weighted by molar-refractivity contribution is 6.09. The Kier molecular flexibility index (Phi) is 4.35. The summed E-state index contributed by atoms with van der Waals surface area (Å²) in [6, 6.07) is 0. The number of hydrogen-bond acceptors (Lipinski definition) is 7.